The molecule has 0 bridgehead atoms. The van der Waals surface area contributed by atoms with E-state index in [-0.39, 0.29) is 24.7 Å². The van der Waals surface area contributed by atoms with Crippen LogP contribution in [0.2, 0.25) is 0 Å². The number of aliphatic hydroxyl groups excluding tert-OH is 1. The molecule has 0 amide bonds. The summed E-state index contributed by atoms with van der Waals surface area (Å²) in [6.45, 7) is 3.90. The molecule has 218 valence electrons. The first-order valence-corrected chi connectivity index (χ1v) is 13.9. The summed E-state index contributed by atoms with van der Waals surface area (Å²) in [6.07, 6.45) is 6.04. The van der Waals surface area contributed by atoms with Crippen LogP contribution in [-0.4, -0.2) is 86.6 Å². The number of morpholine rings is 1. The Hall–Kier alpha value is -2.93. The summed E-state index contributed by atoms with van der Waals surface area (Å²) in [5.74, 6) is 1.32. The van der Waals surface area contributed by atoms with E-state index in [0.717, 1.165) is 53.8 Å². The van der Waals surface area contributed by atoms with Crippen molar-refractivity contribution in [1.82, 2.24) is 19.6 Å². The molecular formula is C28H38F2N6O4. The Balaban J connectivity index is 1.48. The molecule has 10 nitrogen and oxygen atoms in total. The molecule has 3 N–H and O–H groups in total. The molecule has 3 aromatic heterocycles. The van der Waals surface area contributed by atoms with Crippen molar-refractivity contribution in [3.05, 3.63) is 36.3 Å². The molecule has 12 heteroatoms. The number of hydrogen-bond donors (Lipinski definition) is 3. The van der Waals surface area contributed by atoms with Crippen LogP contribution in [0.1, 0.15) is 58.1 Å². The summed E-state index contributed by atoms with van der Waals surface area (Å²) in [5.41, 5.74) is 2.78. The SMILES string of the molecule is C[C@@H](COC(F)F)Nc1ncc2c(-c3ccnc(N4CCO[C@H](C(C)(C)O)C4)c3)cc([C@H]3CC[C@H](O)CC3)n2n1. The zero-order chi connectivity index (χ0) is 28.4. The number of alkyl halides is 2. The minimum Gasteiger partial charge on any atom is -0.393 e. The molecule has 4 heterocycles. The lowest BCUT2D eigenvalue weighted by atomic mass is 9.85. The van der Waals surface area contributed by atoms with Gasteiger partial charge in [0.15, 0.2) is 0 Å². The zero-order valence-corrected chi connectivity index (χ0v) is 23.1. The van der Waals surface area contributed by atoms with E-state index in [1.807, 2.05) is 16.6 Å². The van der Waals surface area contributed by atoms with Crippen LogP contribution in [-0.2, 0) is 9.47 Å². The van der Waals surface area contributed by atoms with E-state index < -0.39 is 18.3 Å². The van der Waals surface area contributed by atoms with Gasteiger partial charge in [-0.15, -0.1) is 5.10 Å². The summed E-state index contributed by atoms with van der Waals surface area (Å²) < 4.78 is 37.1. The molecule has 2 aliphatic rings. The first kappa shape index (κ1) is 28.6. The van der Waals surface area contributed by atoms with Gasteiger partial charge in [0.05, 0.1) is 36.6 Å². The van der Waals surface area contributed by atoms with E-state index in [0.29, 0.717) is 25.6 Å². The summed E-state index contributed by atoms with van der Waals surface area (Å²) >= 11 is 0. The molecule has 3 aromatic rings. The number of nitrogens with one attached hydrogen (secondary N) is 1. The van der Waals surface area contributed by atoms with Gasteiger partial charge < -0.3 is 29.9 Å². The Bertz CT molecular complexity index is 1290. The van der Waals surface area contributed by atoms with Crippen LogP contribution >= 0.6 is 0 Å². The van der Waals surface area contributed by atoms with Gasteiger partial charge in [-0.1, -0.05) is 0 Å². The van der Waals surface area contributed by atoms with Crippen LogP contribution in [0.15, 0.2) is 30.6 Å². The normalized spacial score (nSPS) is 23.1. The number of nitrogens with zero attached hydrogens (tertiary/aromatic N) is 5. The van der Waals surface area contributed by atoms with Gasteiger partial charge in [0.1, 0.15) is 11.9 Å². The summed E-state index contributed by atoms with van der Waals surface area (Å²) in [4.78, 5) is 11.2. The highest BCUT2D eigenvalue weighted by molar-refractivity contribution is 5.82. The number of rotatable bonds is 9. The summed E-state index contributed by atoms with van der Waals surface area (Å²) in [7, 11) is 0. The monoisotopic (exact) mass is 560 g/mol. The fourth-order valence-corrected chi connectivity index (χ4v) is 5.50. The topological polar surface area (TPSA) is 117 Å². The lowest BCUT2D eigenvalue weighted by Crippen LogP contribution is -2.52. The first-order valence-electron chi connectivity index (χ1n) is 13.9. The number of aromatic nitrogens is 4. The maximum atomic E-state index is 12.5. The largest absolute Gasteiger partial charge is 0.393 e. The Kier molecular flexibility index (Phi) is 8.50. The highest BCUT2D eigenvalue weighted by atomic mass is 19.3. The quantitative estimate of drug-likeness (QED) is 0.359. The van der Waals surface area contributed by atoms with Gasteiger partial charge in [-0.2, -0.15) is 8.78 Å². The third-order valence-corrected chi connectivity index (χ3v) is 7.74. The molecule has 1 aliphatic heterocycles. The smallest absolute Gasteiger partial charge is 0.345 e. The molecule has 2 atom stereocenters. The fourth-order valence-electron chi connectivity index (χ4n) is 5.50. The molecule has 0 spiro atoms. The van der Waals surface area contributed by atoms with E-state index in [4.69, 9.17) is 9.84 Å². The van der Waals surface area contributed by atoms with Gasteiger partial charge in [-0.25, -0.2) is 14.5 Å². The number of anilines is 2. The summed E-state index contributed by atoms with van der Waals surface area (Å²) in [5, 5.41) is 28.4. The predicted molar refractivity (Wildman–Crippen MR) is 147 cm³/mol. The second-order valence-electron chi connectivity index (χ2n) is 11.4. The maximum absolute atomic E-state index is 12.5. The molecule has 40 heavy (non-hydrogen) atoms. The molecule has 5 rings (SSSR count). The van der Waals surface area contributed by atoms with Crippen molar-refractivity contribution < 1.29 is 28.5 Å². The van der Waals surface area contributed by atoms with Crippen molar-refractivity contribution in [2.75, 3.05) is 36.5 Å². The second kappa shape index (κ2) is 11.9. The van der Waals surface area contributed by atoms with E-state index in [2.05, 4.69) is 31.0 Å². The number of aliphatic hydroxyl groups is 2. The van der Waals surface area contributed by atoms with Gasteiger partial charge in [-0.3, -0.25) is 0 Å². The van der Waals surface area contributed by atoms with Crippen molar-refractivity contribution in [2.45, 2.75) is 82.8 Å². The number of fused-ring (bicyclic) bond motifs is 1. The highest BCUT2D eigenvalue weighted by Crippen LogP contribution is 2.38. The molecule has 0 unspecified atom stereocenters. The average Bonchev–Trinajstić information content (AvgIpc) is 3.31. The van der Waals surface area contributed by atoms with Gasteiger partial charge in [0, 0.05) is 42.5 Å². The van der Waals surface area contributed by atoms with E-state index in [1.165, 1.54) is 0 Å². The molecular weight excluding hydrogens is 522 g/mol. The van der Waals surface area contributed by atoms with Crippen LogP contribution < -0.4 is 10.2 Å². The number of halogens is 2. The standard InChI is InChI=1S/C28H38F2N6O4/c1-17(16-40-26(29)30)33-27-32-14-23-21(13-22(36(23)34-27)18-4-6-20(37)7-5-18)19-8-9-31-25(12-19)35-10-11-39-24(15-35)28(2,3)38/h8-9,12-14,17-18,20,24,26,37-38H,4-7,10-11,15-16H2,1-3H3,(H,33,34)/t17-,18-,20-,24-/m0/s1. The molecule has 1 saturated heterocycles. The Labute approximate surface area is 232 Å². The molecule has 0 radical (unpaired) electrons. The Morgan fingerprint density at radius 1 is 1.20 bits per heavy atom. The average molecular weight is 561 g/mol. The molecule has 2 fully saturated rings. The van der Waals surface area contributed by atoms with Gasteiger partial charge >= 0.3 is 6.61 Å². The van der Waals surface area contributed by atoms with Gasteiger partial charge in [0.2, 0.25) is 5.95 Å². The van der Waals surface area contributed by atoms with Crippen LogP contribution in [0.25, 0.3) is 16.6 Å². The van der Waals surface area contributed by atoms with Crippen LogP contribution in [0.5, 0.6) is 0 Å². The van der Waals surface area contributed by atoms with E-state index >= 15 is 0 Å². The van der Waals surface area contributed by atoms with Crippen LogP contribution in [0.3, 0.4) is 0 Å². The second-order valence-corrected chi connectivity index (χ2v) is 11.4. The summed E-state index contributed by atoms with van der Waals surface area (Å²) in [6, 6.07) is 5.71. The van der Waals surface area contributed by atoms with Crippen molar-refractivity contribution in [3.8, 4) is 11.1 Å². The van der Waals surface area contributed by atoms with Gasteiger partial charge in [0.25, 0.3) is 0 Å². The van der Waals surface area contributed by atoms with Crippen LogP contribution in [0.4, 0.5) is 20.5 Å². The predicted octanol–water partition coefficient (Wildman–Crippen LogP) is 3.83. The Morgan fingerprint density at radius 2 is 1.98 bits per heavy atom. The van der Waals surface area contributed by atoms with Crippen molar-refractivity contribution >= 4 is 17.3 Å². The molecule has 0 aromatic carbocycles. The molecule has 1 saturated carbocycles. The van der Waals surface area contributed by atoms with E-state index in [9.17, 15) is 19.0 Å². The molecule has 1 aliphatic carbocycles. The lowest BCUT2D eigenvalue weighted by molar-refractivity contribution is -0.130. The fraction of sp³-hybridized carbons (Fsp3) is 0.607. The number of hydrogen-bond acceptors (Lipinski definition) is 9. The zero-order valence-electron chi connectivity index (χ0n) is 23.1. The number of pyridine rings is 1. The third kappa shape index (κ3) is 6.51. The maximum Gasteiger partial charge on any atom is 0.345 e. The van der Waals surface area contributed by atoms with E-state index in [1.54, 1.807) is 33.2 Å². The minimum atomic E-state index is -2.84. The van der Waals surface area contributed by atoms with Crippen LogP contribution in [0, 0.1) is 0 Å². The van der Waals surface area contributed by atoms with Crippen molar-refractivity contribution in [2.24, 2.45) is 0 Å². The van der Waals surface area contributed by atoms with Crippen molar-refractivity contribution in [3.63, 3.8) is 0 Å². The number of ether oxygens (including phenoxy) is 2. The van der Waals surface area contributed by atoms with Crippen molar-refractivity contribution in [1.29, 1.82) is 0 Å². The minimum absolute atomic E-state index is 0.182. The first-order chi connectivity index (χ1) is 19.1. The van der Waals surface area contributed by atoms with Gasteiger partial charge in [-0.05, 0) is 70.2 Å². The third-order valence-electron chi connectivity index (χ3n) is 7.74. The highest BCUT2D eigenvalue weighted by Gasteiger charge is 2.33. The lowest BCUT2D eigenvalue weighted by Gasteiger charge is -2.39. The Morgan fingerprint density at radius 3 is 2.70 bits per heavy atom.